The SMILES string of the molecule is CCCCCCCC/C=C\CCCCCCCCOCCOP(=O)(O)COS(=O)(=O)c1ccc(C)cc1. The Morgan fingerprint density at radius 3 is 1.92 bits per heavy atom. The van der Waals surface area contributed by atoms with Crippen LogP contribution < -0.4 is 0 Å². The van der Waals surface area contributed by atoms with Crippen LogP contribution in [0.2, 0.25) is 0 Å². The number of aryl methyl sites for hydroxylation is 1. The Kier molecular flexibility index (Phi) is 19.2. The Labute approximate surface area is 225 Å². The highest BCUT2D eigenvalue weighted by Gasteiger charge is 2.25. The first kappa shape index (κ1) is 34.0. The molecule has 1 N–H and O–H groups in total. The quantitative estimate of drug-likeness (QED) is 0.0593. The second-order valence-corrected chi connectivity index (χ2v) is 12.9. The zero-order chi connectivity index (χ0) is 27.2. The Hall–Kier alpha value is -1.02. The van der Waals surface area contributed by atoms with Crippen LogP contribution in [0.5, 0.6) is 0 Å². The number of hydrogen-bond donors (Lipinski definition) is 1. The lowest BCUT2D eigenvalue weighted by Crippen LogP contribution is -2.11. The number of benzene rings is 1. The molecule has 1 atom stereocenters. The fraction of sp³-hybridized carbons (Fsp3) is 0.714. The lowest BCUT2D eigenvalue weighted by Gasteiger charge is -2.13. The lowest BCUT2D eigenvalue weighted by atomic mass is 10.1. The van der Waals surface area contributed by atoms with Gasteiger partial charge in [-0.15, -0.1) is 0 Å². The van der Waals surface area contributed by atoms with Crippen molar-refractivity contribution in [2.24, 2.45) is 0 Å². The topological polar surface area (TPSA) is 99.1 Å². The normalized spacial score (nSPS) is 13.8. The third-order valence-corrected chi connectivity index (χ3v) is 8.50. The molecule has 1 aromatic rings. The molecule has 9 heteroatoms. The van der Waals surface area contributed by atoms with Gasteiger partial charge in [0.05, 0.1) is 18.1 Å². The second kappa shape index (κ2) is 20.9. The lowest BCUT2D eigenvalue weighted by molar-refractivity contribution is 0.0905. The van der Waals surface area contributed by atoms with Crippen LogP contribution in [0.25, 0.3) is 0 Å². The molecule has 37 heavy (non-hydrogen) atoms. The van der Waals surface area contributed by atoms with Crippen molar-refractivity contribution in [1.29, 1.82) is 0 Å². The molecule has 214 valence electrons. The van der Waals surface area contributed by atoms with Gasteiger partial charge in [0.15, 0.2) is 6.35 Å². The van der Waals surface area contributed by atoms with Crippen molar-refractivity contribution in [2.75, 3.05) is 26.2 Å². The minimum absolute atomic E-state index is 0.0722. The highest BCUT2D eigenvalue weighted by molar-refractivity contribution is 7.87. The van der Waals surface area contributed by atoms with E-state index in [4.69, 9.17) is 13.4 Å². The van der Waals surface area contributed by atoms with Gasteiger partial charge < -0.3 is 14.2 Å². The summed E-state index contributed by atoms with van der Waals surface area (Å²) in [5.74, 6) is 0. The molecule has 0 aliphatic rings. The van der Waals surface area contributed by atoms with Crippen LogP contribution in [0.15, 0.2) is 41.3 Å². The third-order valence-electron chi connectivity index (χ3n) is 6.00. The van der Waals surface area contributed by atoms with Gasteiger partial charge in [-0.05, 0) is 51.2 Å². The predicted octanol–water partition coefficient (Wildman–Crippen LogP) is 7.91. The van der Waals surface area contributed by atoms with Crippen molar-refractivity contribution in [3.05, 3.63) is 42.0 Å². The van der Waals surface area contributed by atoms with Gasteiger partial charge in [-0.2, -0.15) is 8.42 Å². The molecule has 0 bridgehead atoms. The van der Waals surface area contributed by atoms with Crippen LogP contribution in [0.1, 0.15) is 102 Å². The molecular weight excluding hydrogens is 511 g/mol. The summed E-state index contributed by atoms with van der Waals surface area (Å²) in [6.07, 6.45) is 21.2. The highest BCUT2D eigenvalue weighted by atomic mass is 32.2. The van der Waals surface area contributed by atoms with Crippen LogP contribution in [0, 0.1) is 6.92 Å². The molecule has 7 nitrogen and oxygen atoms in total. The molecule has 0 amide bonds. The molecule has 0 saturated carbocycles. The van der Waals surface area contributed by atoms with Gasteiger partial charge >= 0.3 is 7.60 Å². The molecule has 0 aromatic heterocycles. The molecule has 1 unspecified atom stereocenters. The number of hydrogen-bond acceptors (Lipinski definition) is 6. The zero-order valence-corrected chi connectivity index (χ0v) is 24.7. The van der Waals surface area contributed by atoms with E-state index in [1.807, 2.05) is 6.92 Å². The van der Waals surface area contributed by atoms with Gasteiger partial charge in [0.25, 0.3) is 10.1 Å². The summed E-state index contributed by atoms with van der Waals surface area (Å²) in [6, 6.07) is 6.02. The van der Waals surface area contributed by atoms with E-state index in [9.17, 15) is 17.9 Å². The Balaban J connectivity index is 1.93. The van der Waals surface area contributed by atoms with E-state index in [2.05, 4.69) is 19.1 Å². The van der Waals surface area contributed by atoms with E-state index in [0.717, 1.165) is 18.4 Å². The first-order chi connectivity index (χ1) is 17.8. The number of unbranched alkanes of at least 4 members (excludes halogenated alkanes) is 12. The standard InChI is InChI=1S/C28H49O7PS/c1-3-4-5-6-7-8-9-10-11-12-13-14-15-16-17-18-23-33-24-25-34-36(29,30)26-35-37(31,32)28-21-19-27(2)20-22-28/h10-11,19-22H,3-9,12-18,23-26H2,1-2H3,(H,29,30)/b11-10-. The van der Waals surface area contributed by atoms with Crippen molar-refractivity contribution in [2.45, 2.75) is 109 Å². The van der Waals surface area contributed by atoms with E-state index in [1.165, 1.54) is 89.2 Å². The van der Waals surface area contributed by atoms with Gasteiger partial charge in [-0.1, -0.05) is 94.6 Å². The summed E-state index contributed by atoms with van der Waals surface area (Å²) in [4.78, 5) is 9.73. The number of rotatable bonds is 24. The summed E-state index contributed by atoms with van der Waals surface area (Å²) in [7, 11) is -8.32. The smallest absolute Gasteiger partial charge is 0.355 e. The van der Waals surface area contributed by atoms with Crippen LogP contribution in [-0.2, 0) is 28.1 Å². The number of allylic oxidation sites excluding steroid dienone is 2. The molecule has 0 radical (unpaired) electrons. The molecule has 1 rings (SSSR count). The van der Waals surface area contributed by atoms with Gasteiger partial charge in [0, 0.05) is 6.61 Å². The summed E-state index contributed by atoms with van der Waals surface area (Å²) in [5, 5.41) is 0. The van der Waals surface area contributed by atoms with Crippen molar-refractivity contribution in [3.63, 3.8) is 0 Å². The molecule has 0 heterocycles. The van der Waals surface area contributed by atoms with E-state index < -0.39 is 24.1 Å². The fourth-order valence-electron chi connectivity index (χ4n) is 3.74. The maximum absolute atomic E-state index is 12.1. The van der Waals surface area contributed by atoms with Crippen LogP contribution in [0.4, 0.5) is 0 Å². The first-order valence-electron chi connectivity index (χ1n) is 13.9. The molecule has 0 fully saturated rings. The van der Waals surface area contributed by atoms with Crippen LogP contribution in [-0.4, -0.2) is 39.5 Å². The summed E-state index contributed by atoms with van der Waals surface area (Å²) >= 11 is 0. The van der Waals surface area contributed by atoms with E-state index in [0.29, 0.717) is 6.61 Å². The largest absolute Gasteiger partial charge is 0.379 e. The minimum Gasteiger partial charge on any atom is -0.379 e. The first-order valence-corrected chi connectivity index (χ1v) is 17.1. The predicted molar refractivity (Wildman–Crippen MR) is 150 cm³/mol. The van der Waals surface area contributed by atoms with E-state index >= 15 is 0 Å². The van der Waals surface area contributed by atoms with Gasteiger partial charge in [0.1, 0.15) is 0 Å². The molecule has 0 saturated heterocycles. The maximum Gasteiger partial charge on any atom is 0.355 e. The molecule has 0 aliphatic carbocycles. The van der Waals surface area contributed by atoms with Gasteiger partial charge in [0.2, 0.25) is 0 Å². The van der Waals surface area contributed by atoms with Crippen LogP contribution >= 0.6 is 7.60 Å². The Morgan fingerprint density at radius 2 is 1.32 bits per heavy atom. The average Bonchev–Trinajstić information content (AvgIpc) is 2.87. The summed E-state index contributed by atoms with van der Waals surface area (Å²) in [5.41, 5.74) is 0.896. The minimum atomic E-state index is -4.20. The molecule has 0 aliphatic heterocycles. The van der Waals surface area contributed by atoms with Crippen molar-refractivity contribution in [1.82, 2.24) is 0 Å². The Morgan fingerprint density at radius 1 is 0.784 bits per heavy atom. The molecule has 1 aromatic carbocycles. The van der Waals surface area contributed by atoms with Gasteiger partial charge in [-0.25, -0.2) is 0 Å². The highest BCUT2D eigenvalue weighted by Crippen LogP contribution is 2.42. The number of ether oxygens (including phenoxy) is 1. The Bertz CT molecular complexity index is 869. The summed E-state index contributed by atoms with van der Waals surface area (Å²) < 4.78 is 51.3. The summed E-state index contributed by atoms with van der Waals surface area (Å²) in [6.45, 7) is 4.71. The second-order valence-electron chi connectivity index (χ2n) is 9.54. The zero-order valence-electron chi connectivity index (χ0n) is 22.9. The van der Waals surface area contributed by atoms with E-state index in [1.54, 1.807) is 12.1 Å². The van der Waals surface area contributed by atoms with Crippen molar-refractivity contribution < 1.29 is 31.3 Å². The van der Waals surface area contributed by atoms with Gasteiger partial charge in [-0.3, -0.25) is 8.75 Å². The van der Waals surface area contributed by atoms with E-state index in [-0.39, 0.29) is 18.1 Å². The fourth-order valence-corrected chi connectivity index (χ4v) is 5.87. The van der Waals surface area contributed by atoms with Crippen molar-refractivity contribution in [3.8, 4) is 0 Å². The molecular formula is C28H49O7PS. The third kappa shape index (κ3) is 18.8. The van der Waals surface area contributed by atoms with Crippen molar-refractivity contribution >= 4 is 17.7 Å². The maximum atomic E-state index is 12.1. The molecule has 0 spiro atoms. The monoisotopic (exact) mass is 560 g/mol. The average molecular weight is 561 g/mol. The van der Waals surface area contributed by atoms with Crippen LogP contribution in [0.3, 0.4) is 0 Å².